The second-order valence-corrected chi connectivity index (χ2v) is 8.13. The van der Waals surface area contributed by atoms with Gasteiger partial charge in [0.25, 0.3) is 11.8 Å². The molecule has 30 heavy (non-hydrogen) atoms. The van der Waals surface area contributed by atoms with E-state index in [4.69, 9.17) is 12.2 Å². The van der Waals surface area contributed by atoms with Crippen LogP contribution in [0.2, 0.25) is 0 Å². The Bertz CT molecular complexity index is 1160. The van der Waals surface area contributed by atoms with E-state index < -0.39 is 11.8 Å². The summed E-state index contributed by atoms with van der Waals surface area (Å²) in [6.45, 7) is 1.97. The zero-order valence-electron chi connectivity index (χ0n) is 16.1. The average Bonchev–Trinajstić information content (AvgIpc) is 2.75. The van der Waals surface area contributed by atoms with E-state index in [1.54, 1.807) is 18.2 Å². The van der Waals surface area contributed by atoms with Crippen LogP contribution < -0.4 is 9.80 Å². The van der Waals surface area contributed by atoms with Crippen molar-refractivity contribution in [2.75, 3.05) is 9.80 Å². The first kappa shape index (κ1) is 20.2. The van der Waals surface area contributed by atoms with Crippen LogP contribution in [-0.4, -0.2) is 16.9 Å². The molecular formula is C24H17BrN2O2S. The predicted octanol–water partition coefficient (Wildman–Crippen LogP) is 5.51. The van der Waals surface area contributed by atoms with Crippen LogP contribution in [0.25, 0.3) is 6.08 Å². The molecule has 0 saturated carbocycles. The van der Waals surface area contributed by atoms with Gasteiger partial charge in [0.05, 0.1) is 11.4 Å². The van der Waals surface area contributed by atoms with Crippen LogP contribution in [0.15, 0.2) is 88.9 Å². The molecule has 0 N–H and O–H groups in total. The lowest BCUT2D eigenvalue weighted by molar-refractivity contribution is -0.120. The zero-order valence-corrected chi connectivity index (χ0v) is 18.5. The van der Waals surface area contributed by atoms with Gasteiger partial charge in [-0.3, -0.25) is 19.4 Å². The van der Waals surface area contributed by atoms with Gasteiger partial charge < -0.3 is 0 Å². The van der Waals surface area contributed by atoms with Crippen LogP contribution >= 0.6 is 28.1 Å². The maximum Gasteiger partial charge on any atom is 0.270 e. The number of hydrogen-bond acceptors (Lipinski definition) is 3. The van der Waals surface area contributed by atoms with E-state index in [-0.39, 0.29) is 10.7 Å². The van der Waals surface area contributed by atoms with E-state index in [2.05, 4.69) is 15.9 Å². The number of thiocarbonyl (C=S) groups is 1. The Morgan fingerprint density at radius 2 is 1.30 bits per heavy atom. The summed E-state index contributed by atoms with van der Waals surface area (Å²) in [7, 11) is 0. The quantitative estimate of drug-likeness (QED) is 0.284. The molecule has 148 valence electrons. The third-order valence-corrected chi connectivity index (χ3v) is 5.63. The Morgan fingerprint density at radius 1 is 0.767 bits per heavy atom. The van der Waals surface area contributed by atoms with E-state index in [0.717, 1.165) is 15.6 Å². The van der Waals surface area contributed by atoms with Crippen molar-refractivity contribution in [1.82, 2.24) is 0 Å². The van der Waals surface area contributed by atoms with E-state index >= 15 is 0 Å². The van der Waals surface area contributed by atoms with Gasteiger partial charge in [0.1, 0.15) is 5.57 Å². The molecule has 3 aromatic carbocycles. The summed E-state index contributed by atoms with van der Waals surface area (Å²) in [5.74, 6) is -0.883. The maximum absolute atomic E-state index is 13.4. The monoisotopic (exact) mass is 476 g/mol. The highest BCUT2D eigenvalue weighted by molar-refractivity contribution is 9.10. The fourth-order valence-corrected chi connectivity index (χ4v) is 3.82. The third-order valence-electron chi connectivity index (χ3n) is 4.74. The molecule has 0 radical (unpaired) electrons. The number of para-hydroxylation sites is 1. The molecule has 4 rings (SSSR count). The number of rotatable bonds is 3. The fourth-order valence-electron chi connectivity index (χ4n) is 3.18. The Hall–Kier alpha value is -3.09. The number of amides is 2. The molecule has 1 heterocycles. The van der Waals surface area contributed by atoms with E-state index in [1.165, 1.54) is 9.80 Å². The first-order valence-electron chi connectivity index (χ1n) is 9.27. The van der Waals surface area contributed by atoms with Crippen LogP contribution in [-0.2, 0) is 9.59 Å². The number of aryl methyl sites for hydroxylation is 1. The molecule has 0 bridgehead atoms. The lowest BCUT2D eigenvalue weighted by Crippen LogP contribution is -2.56. The first-order chi connectivity index (χ1) is 14.5. The Kier molecular flexibility index (Phi) is 5.61. The van der Waals surface area contributed by atoms with Crippen LogP contribution in [0.3, 0.4) is 0 Å². The van der Waals surface area contributed by atoms with Gasteiger partial charge in [-0.2, -0.15) is 0 Å². The maximum atomic E-state index is 13.4. The van der Waals surface area contributed by atoms with Crippen molar-refractivity contribution < 1.29 is 9.59 Å². The van der Waals surface area contributed by atoms with E-state index in [0.29, 0.717) is 11.4 Å². The van der Waals surface area contributed by atoms with E-state index in [1.807, 2.05) is 73.7 Å². The molecular weight excluding hydrogens is 460 g/mol. The molecule has 0 atom stereocenters. The zero-order chi connectivity index (χ0) is 21.3. The summed E-state index contributed by atoms with van der Waals surface area (Å²) >= 11 is 9.01. The molecule has 0 aliphatic carbocycles. The molecule has 3 aromatic rings. The number of halogens is 1. The molecule has 1 saturated heterocycles. The van der Waals surface area contributed by atoms with Gasteiger partial charge in [0.15, 0.2) is 5.11 Å². The SMILES string of the molecule is Cc1ccc(N2C(=O)/C(=C\c3ccc(Br)cc3)C(=O)N(c3ccccc3)C2=S)cc1. The Labute approximate surface area is 188 Å². The van der Waals surface area contributed by atoms with Crippen molar-refractivity contribution in [1.29, 1.82) is 0 Å². The second kappa shape index (κ2) is 8.34. The molecule has 0 spiro atoms. The minimum absolute atomic E-state index is 0.0513. The van der Waals surface area contributed by atoms with Crippen molar-refractivity contribution in [3.05, 3.63) is 100 Å². The van der Waals surface area contributed by atoms with Crippen LogP contribution in [0.4, 0.5) is 11.4 Å². The summed E-state index contributed by atoms with van der Waals surface area (Å²) in [5.41, 5.74) is 3.09. The van der Waals surface area contributed by atoms with Crippen molar-refractivity contribution in [2.45, 2.75) is 6.92 Å². The molecule has 1 aliphatic heterocycles. The minimum Gasteiger partial charge on any atom is -0.268 e. The van der Waals surface area contributed by atoms with Crippen molar-refractivity contribution in [3.8, 4) is 0 Å². The number of anilines is 2. The fraction of sp³-hybridized carbons (Fsp3) is 0.0417. The standard InChI is InChI=1S/C24H17BrN2O2S/c1-16-7-13-20(14-8-16)27-23(29)21(15-17-9-11-18(25)12-10-17)22(28)26(24(27)30)19-5-3-2-4-6-19/h2-15H,1H3/b21-15-. The second-order valence-electron chi connectivity index (χ2n) is 6.84. The van der Waals surface area contributed by atoms with Gasteiger partial charge in [-0.15, -0.1) is 0 Å². The number of nitrogens with zero attached hydrogens (tertiary/aromatic N) is 2. The van der Waals surface area contributed by atoms with Crippen molar-refractivity contribution in [3.63, 3.8) is 0 Å². The van der Waals surface area contributed by atoms with Gasteiger partial charge >= 0.3 is 0 Å². The summed E-state index contributed by atoms with van der Waals surface area (Å²) < 4.78 is 0.916. The summed E-state index contributed by atoms with van der Waals surface area (Å²) in [6, 6.07) is 24.0. The molecule has 0 aromatic heterocycles. The van der Waals surface area contributed by atoms with E-state index in [9.17, 15) is 9.59 Å². The lowest BCUT2D eigenvalue weighted by atomic mass is 10.0. The van der Waals surface area contributed by atoms with Gasteiger partial charge in [0.2, 0.25) is 0 Å². The average molecular weight is 477 g/mol. The smallest absolute Gasteiger partial charge is 0.268 e. The van der Waals surface area contributed by atoms with Crippen LogP contribution in [0.1, 0.15) is 11.1 Å². The Balaban J connectivity index is 1.86. The highest BCUT2D eigenvalue weighted by Crippen LogP contribution is 2.30. The highest BCUT2D eigenvalue weighted by Gasteiger charge is 2.41. The summed E-state index contributed by atoms with van der Waals surface area (Å²) in [4.78, 5) is 29.6. The van der Waals surface area contributed by atoms with Crippen molar-refractivity contribution in [2.24, 2.45) is 0 Å². The number of hydrogen-bond donors (Lipinski definition) is 0. The molecule has 1 aliphatic rings. The Morgan fingerprint density at radius 3 is 1.87 bits per heavy atom. The normalized spacial score (nSPS) is 15.8. The molecule has 6 heteroatoms. The van der Waals surface area contributed by atoms with Crippen LogP contribution in [0.5, 0.6) is 0 Å². The third kappa shape index (κ3) is 3.84. The van der Waals surface area contributed by atoms with Gasteiger partial charge in [-0.1, -0.05) is 64.0 Å². The largest absolute Gasteiger partial charge is 0.270 e. The molecule has 2 amide bonds. The first-order valence-corrected chi connectivity index (χ1v) is 10.5. The van der Waals surface area contributed by atoms with Crippen LogP contribution in [0, 0.1) is 6.92 Å². The summed E-state index contributed by atoms with van der Waals surface area (Å²) in [5, 5.41) is 0.132. The van der Waals surface area contributed by atoms with Gasteiger partial charge in [-0.05, 0) is 67.2 Å². The lowest BCUT2D eigenvalue weighted by Gasteiger charge is -2.36. The molecule has 0 unspecified atom stereocenters. The topological polar surface area (TPSA) is 40.6 Å². The minimum atomic E-state index is -0.442. The predicted molar refractivity (Wildman–Crippen MR) is 127 cm³/mol. The number of carbonyl (C=O) groups is 2. The number of carbonyl (C=O) groups excluding carboxylic acids is 2. The van der Waals surface area contributed by atoms with Gasteiger partial charge in [0, 0.05) is 4.47 Å². The summed E-state index contributed by atoms with van der Waals surface area (Å²) in [6.07, 6.45) is 1.61. The molecule has 1 fully saturated rings. The highest BCUT2D eigenvalue weighted by atomic mass is 79.9. The van der Waals surface area contributed by atoms with Crippen molar-refractivity contribution >= 4 is 62.5 Å². The molecule has 4 nitrogen and oxygen atoms in total. The number of benzene rings is 3. The van der Waals surface area contributed by atoms with Gasteiger partial charge in [-0.25, -0.2) is 0 Å².